The third kappa shape index (κ3) is 4.09. The van der Waals surface area contributed by atoms with Crippen molar-refractivity contribution in [3.63, 3.8) is 0 Å². The Hall–Kier alpha value is -2.30. The molecule has 2 N–H and O–H groups in total. The highest BCUT2D eigenvalue weighted by molar-refractivity contribution is 6.36. The number of para-hydroxylation sites is 1. The molecule has 5 heteroatoms. The first kappa shape index (κ1) is 20.0. The first-order chi connectivity index (χ1) is 12.7. The minimum absolute atomic E-state index is 0.317. The van der Waals surface area contributed by atoms with E-state index in [2.05, 4.69) is 29.4 Å². The largest absolute Gasteiger partial charge is 0.465 e. The third-order valence-corrected chi connectivity index (χ3v) is 4.63. The van der Waals surface area contributed by atoms with E-state index in [9.17, 15) is 4.79 Å². The quantitative estimate of drug-likeness (QED) is 0.663. The van der Waals surface area contributed by atoms with Crippen LogP contribution in [0.5, 0.6) is 0 Å². The molecule has 2 aromatic carbocycles. The summed E-state index contributed by atoms with van der Waals surface area (Å²) in [7, 11) is 2.89. The lowest BCUT2D eigenvalue weighted by atomic mass is 10.1. The van der Waals surface area contributed by atoms with Gasteiger partial charge in [-0.1, -0.05) is 55.3 Å². The zero-order valence-corrected chi connectivity index (χ0v) is 16.2. The fraction of sp³-hybridized carbons (Fsp3) is 0.286. The number of hydrogen-bond donors (Lipinski definition) is 1. The Morgan fingerprint density at radius 2 is 1.77 bits per heavy atom. The summed E-state index contributed by atoms with van der Waals surface area (Å²) >= 11 is 6.61. The number of halogens is 1. The summed E-state index contributed by atoms with van der Waals surface area (Å²) in [4.78, 5) is 11.6. The average Bonchev–Trinajstić information content (AvgIpc) is 2.96. The molecule has 1 heterocycles. The van der Waals surface area contributed by atoms with E-state index in [1.54, 1.807) is 12.1 Å². The highest BCUT2D eigenvalue weighted by Gasteiger charge is 2.15. The molecule has 0 amide bonds. The molecule has 0 fully saturated rings. The van der Waals surface area contributed by atoms with Crippen LogP contribution in [-0.2, 0) is 17.7 Å². The average molecular weight is 373 g/mol. The summed E-state index contributed by atoms with van der Waals surface area (Å²) in [6.07, 6.45) is 1.98. The van der Waals surface area contributed by atoms with E-state index < -0.39 is 0 Å². The number of ether oxygens (including phenoxy) is 1. The van der Waals surface area contributed by atoms with E-state index in [4.69, 9.17) is 16.3 Å². The van der Waals surface area contributed by atoms with Gasteiger partial charge in [-0.2, -0.15) is 0 Å². The number of rotatable bonds is 5. The minimum atomic E-state index is -0.317. The van der Waals surface area contributed by atoms with Crippen molar-refractivity contribution < 1.29 is 9.53 Å². The maximum atomic E-state index is 11.6. The fourth-order valence-electron chi connectivity index (χ4n) is 3.02. The molecule has 0 saturated carbocycles. The molecule has 4 nitrogen and oxygen atoms in total. The monoisotopic (exact) mass is 372 g/mol. The molecule has 0 atom stereocenters. The van der Waals surface area contributed by atoms with Crippen molar-refractivity contribution in [3.05, 3.63) is 70.4 Å². The van der Waals surface area contributed by atoms with Gasteiger partial charge in [0, 0.05) is 17.6 Å². The zero-order chi connectivity index (χ0) is 19.1. The van der Waals surface area contributed by atoms with Gasteiger partial charge < -0.3 is 15.0 Å². The van der Waals surface area contributed by atoms with Gasteiger partial charge in [0.05, 0.1) is 23.2 Å². The van der Waals surface area contributed by atoms with E-state index in [-0.39, 0.29) is 5.97 Å². The molecular weight excluding hydrogens is 348 g/mol. The molecule has 3 rings (SSSR count). The topological polar surface area (TPSA) is 57.2 Å². The van der Waals surface area contributed by atoms with Crippen molar-refractivity contribution in [1.29, 1.82) is 0 Å². The molecule has 0 spiro atoms. The second-order valence-electron chi connectivity index (χ2n) is 5.80. The van der Waals surface area contributed by atoms with Gasteiger partial charge in [0.2, 0.25) is 0 Å². The van der Waals surface area contributed by atoms with Crippen molar-refractivity contribution in [2.24, 2.45) is 5.73 Å². The Balaban J connectivity index is 0.00000117. The highest BCUT2D eigenvalue weighted by atomic mass is 35.5. The number of carbonyl (C=O) groups is 1. The van der Waals surface area contributed by atoms with Crippen LogP contribution in [0, 0.1) is 0 Å². The van der Waals surface area contributed by atoms with Crippen LogP contribution in [0.3, 0.4) is 0 Å². The number of hydrogen-bond acceptors (Lipinski definition) is 3. The number of carbonyl (C=O) groups excluding carboxylic acids is 1. The van der Waals surface area contributed by atoms with Crippen LogP contribution >= 0.6 is 11.6 Å². The SMILES string of the molecule is CCCc1c(Cl)c2ccccc2n1Cc1ccc(C(=O)OC)cc1.CN. The molecule has 3 aromatic rings. The summed E-state index contributed by atoms with van der Waals surface area (Å²) in [5, 5.41) is 1.94. The fourth-order valence-corrected chi connectivity index (χ4v) is 3.38. The van der Waals surface area contributed by atoms with Crippen molar-refractivity contribution in [3.8, 4) is 0 Å². The van der Waals surface area contributed by atoms with Crippen molar-refractivity contribution in [1.82, 2.24) is 4.57 Å². The van der Waals surface area contributed by atoms with Crippen LogP contribution in [-0.4, -0.2) is 24.7 Å². The Labute approximate surface area is 159 Å². The number of esters is 1. The standard InChI is InChI=1S/C20H20ClNO2.CH5N/c1-3-6-18-19(21)16-7-4-5-8-17(16)22(18)13-14-9-11-15(12-10-14)20(23)24-2;1-2/h4-5,7-12H,3,6,13H2,1-2H3;2H2,1H3. The molecule has 26 heavy (non-hydrogen) atoms. The smallest absolute Gasteiger partial charge is 0.337 e. The molecule has 0 aliphatic heterocycles. The van der Waals surface area contributed by atoms with Gasteiger partial charge in [-0.15, -0.1) is 0 Å². The van der Waals surface area contributed by atoms with E-state index in [0.717, 1.165) is 46.6 Å². The Kier molecular flexibility index (Phi) is 7.25. The van der Waals surface area contributed by atoms with Gasteiger partial charge >= 0.3 is 5.97 Å². The van der Waals surface area contributed by atoms with E-state index in [0.29, 0.717) is 5.56 Å². The Bertz CT molecular complexity index is 870. The summed E-state index contributed by atoms with van der Waals surface area (Å²) in [6.45, 7) is 2.88. The van der Waals surface area contributed by atoms with Gasteiger partial charge in [-0.25, -0.2) is 4.79 Å². The van der Waals surface area contributed by atoms with Crippen molar-refractivity contribution in [2.75, 3.05) is 14.2 Å². The molecular formula is C21H25ClN2O2. The molecule has 0 aliphatic carbocycles. The normalized spacial score (nSPS) is 10.3. The van der Waals surface area contributed by atoms with Crippen molar-refractivity contribution >= 4 is 28.5 Å². The molecule has 0 radical (unpaired) electrons. The lowest BCUT2D eigenvalue weighted by Crippen LogP contribution is -2.06. The summed E-state index contributed by atoms with van der Waals surface area (Å²) in [6, 6.07) is 15.7. The molecule has 138 valence electrons. The van der Waals surface area contributed by atoms with E-state index in [1.807, 2.05) is 24.3 Å². The summed E-state index contributed by atoms with van der Waals surface area (Å²) in [5.74, 6) is -0.317. The van der Waals surface area contributed by atoms with Gasteiger partial charge in [-0.05, 0) is 37.2 Å². The Morgan fingerprint density at radius 1 is 1.12 bits per heavy atom. The zero-order valence-electron chi connectivity index (χ0n) is 15.5. The highest BCUT2D eigenvalue weighted by Crippen LogP contribution is 2.32. The van der Waals surface area contributed by atoms with Crippen LogP contribution < -0.4 is 5.73 Å². The molecule has 0 unspecified atom stereocenters. The predicted molar refractivity (Wildman–Crippen MR) is 108 cm³/mol. The van der Waals surface area contributed by atoms with Crippen molar-refractivity contribution in [2.45, 2.75) is 26.3 Å². The lowest BCUT2D eigenvalue weighted by molar-refractivity contribution is 0.0600. The number of benzene rings is 2. The maximum absolute atomic E-state index is 11.6. The van der Waals surface area contributed by atoms with Gasteiger partial charge in [0.25, 0.3) is 0 Å². The van der Waals surface area contributed by atoms with E-state index in [1.165, 1.54) is 14.2 Å². The van der Waals surface area contributed by atoms with Crippen LogP contribution in [0.15, 0.2) is 48.5 Å². The van der Waals surface area contributed by atoms with Crippen LogP contribution in [0.1, 0.15) is 35.0 Å². The van der Waals surface area contributed by atoms with Crippen LogP contribution in [0.4, 0.5) is 0 Å². The van der Waals surface area contributed by atoms with Gasteiger partial charge in [-0.3, -0.25) is 0 Å². The summed E-state index contributed by atoms with van der Waals surface area (Å²) in [5.41, 5.74) is 8.49. The molecule has 1 aromatic heterocycles. The first-order valence-electron chi connectivity index (χ1n) is 8.66. The predicted octanol–water partition coefficient (Wildman–Crippen LogP) is 4.66. The number of aromatic nitrogens is 1. The lowest BCUT2D eigenvalue weighted by Gasteiger charge is -2.11. The summed E-state index contributed by atoms with van der Waals surface area (Å²) < 4.78 is 7.02. The second-order valence-corrected chi connectivity index (χ2v) is 6.18. The van der Waals surface area contributed by atoms with Crippen LogP contribution in [0.2, 0.25) is 5.02 Å². The maximum Gasteiger partial charge on any atom is 0.337 e. The second kappa shape index (κ2) is 9.41. The Morgan fingerprint density at radius 3 is 2.38 bits per heavy atom. The number of nitrogens with zero attached hydrogens (tertiary/aromatic N) is 1. The van der Waals surface area contributed by atoms with E-state index >= 15 is 0 Å². The van der Waals surface area contributed by atoms with Gasteiger partial charge in [0.1, 0.15) is 0 Å². The number of methoxy groups -OCH3 is 1. The molecule has 0 saturated heterocycles. The third-order valence-electron chi connectivity index (χ3n) is 4.21. The number of fused-ring (bicyclic) bond motifs is 1. The first-order valence-corrected chi connectivity index (χ1v) is 9.04. The minimum Gasteiger partial charge on any atom is -0.465 e. The molecule has 0 aliphatic rings. The van der Waals surface area contributed by atoms with Gasteiger partial charge in [0.15, 0.2) is 0 Å². The molecule has 0 bridgehead atoms. The number of nitrogens with two attached hydrogens (primary N) is 1. The van der Waals surface area contributed by atoms with Crippen LogP contribution in [0.25, 0.3) is 10.9 Å².